The van der Waals surface area contributed by atoms with Gasteiger partial charge in [0.05, 0.1) is 0 Å². The predicted octanol–water partition coefficient (Wildman–Crippen LogP) is 3.22. The Morgan fingerprint density at radius 2 is 2.00 bits per heavy atom. The maximum Gasteiger partial charge on any atom is 0.161 e. The minimum Gasteiger partial charge on any atom is -0.486 e. The van der Waals surface area contributed by atoms with Gasteiger partial charge in [0, 0.05) is 25.3 Å². The van der Waals surface area contributed by atoms with Crippen LogP contribution in [-0.4, -0.2) is 17.8 Å². The first-order valence-electron chi connectivity index (χ1n) is 8.32. The van der Waals surface area contributed by atoms with Crippen molar-refractivity contribution in [3.05, 3.63) is 46.8 Å². The first kappa shape index (κ1) is 16.4. The Morgan fingerprint density at radius 1 is 1.25 bits per heavy atom. The van der Waals surface area contributed by atoms with Crippen LogP contribution >= 0.6 is 0 Å². The van der Waals surface area contributed by atoms with Crippen molar-refractivity contribution in [2.75, 3.05) is 13.2 Å². The van der Waals surface area contributed by atoms with Crippen molar-refractivity contribution >= 4 is 0 Å². The molecule has 1 aliphatic rings. The predicted molar refractivity (Wildman–Crippen MR) is 92.2 cm³/mol. The zero-order valence-electron chi connectivity index (χ0n) is 14.4. The van der Waals surface area contributed by atoms with Crippen molar-refractivity contribution in [3.8, 4) is 17.6 Å². The number of rotatable bonds is 5. The van der Waals surface area contributed by atoms with E-state index >= 15 is 0 Å². The Balaban J connectivity index is 1.75. The molecule has 2 heterocycles. The van der Waals surface area contributed by atoms with Gasteiger partial charge in [-0.1, -0.05) is 13.0 Å². The van der Waals surface area contributed by atoms with Crippen molar-refractivity contribution < 1.29 is 9.47 Å². The molecular formula is C19H23N3O2. The third kappa shape index (κ3) is 3.10. The van der Waals surface area contributed by atoms with Crippen LogP contribution in [0.3, 0.4) is 0 Å². The zero-order chi connectivity index (χ0) is 17.1. The molecule has 0 unspecified atom stereocenters. The van der Waals surface area contributed by atoms with E-state index in [1.165, 1.54) is 5.56 Å². The molecule has 1 aromatic heterocycles. The number of aromatic nitrogens is 1. The van der Waals surface area contributed by atoms with Crippen LogP contribution in [-0.2, 0) is 13.6 Å². The number of fused-ring (bicyclic) bond motifs is 1. The first-order chi connectivity index (χ1) is 11.6. The molecule has 0 fully saturated rings. The van der Waals surface area contributed by atoms with E-state index in [1.807, 2.05) is 30.7 Å². The third-order valence-corrected chi connectivity index (χ3v) is 4.67. The van der Waals surface area contributed by atoms with Gasteiger partial charge >= 0.3 is 0 Å². The summed E-state index contributed by atoms with van der Waals surface area (Å²) in [6.07, 6.45) is 0.969. The van der Waals surface area contributed by atoms with Crippen LogP contribution in [0.5, 0.6) is 11.5 Å². The third-order valence-electron chi connectivity index (χ3n) is 4.67. The van der Waals surface area contributed by atoms with E-state index in [2.05, 4.69) is 30.4 Å². The summed E-state index contributed by atoms with van der Waals surface area (Å²) >= 11 is 0. The van der Waals surface area contributed by atoms with Crippen LogP contribution in [0, 0.1) is 18.3 Å². The van der Waals surface area contributed by atoms with Gasteiger partial charge in [-0.05, 0) is 42.7 Å². The Labute approximate surface area is 142 Å². The molecular weight excluding hydrogens is 302 g/mol. The average molecular weight is 325 g/mol. The number of nitrogens with zero attached hydrogens (tertiary/aromatic N) is 2. The van der Waals surface area contributed by atoms with Gasteiger partial charge in [0.25, 0.3) is 0 Å². The quantitative estimate of drug-likeness (QED) is 0.917. The summed E-state index contributed by atoms with van der Waals surface area (Å²) in [5.41, 5.74) is 4.16. The van der Waals surface area contributed by atoms with Gasteiger partial charge in [-0.2, -0.15) is 5.26 Å². The van der Waals surface area contributed by atoms with Gasteiger partial charge in [0.1, 0.15) is 25.0 Å². The van der Waals surface area contributed by atoms with Gasteiger partial charge in [-0.3, -0.25) is 0 Å². The van der Waals surface area contributed by atoms with Gasteiger partial charge in [-0.25, -0.2) is 0 Å². The fraction of sp³-hybridized carbons (Fsp3) is 0.421. The molecule has 0 bridgehead atoms. The van der Waals surface area contributed by atoms with E-state index in [0.717, 1.165) is 35.7 Å². The molecule has 1 atom stereocenters. The van der Waals surface area contributed by atoms with Crippen molar-refractivity contribution in [1.29, 1.82) is 5.26 Å². The van der Waals surface area contributed by atoms with Crippen LogP contribution in [0.2, 0.25) is 0 Å². The second-order valence-corrected chi connectivity index (χ2v) is 6.06. The lowest BCUT2D eigenvalue weighted by atomic mass is 10.0. The zero-order valence-corrected chi connectivity index (χ0v) is 14.4. The molecule has 1 aromatic carbocycles. The Kier molecular flexibility index (Phi) is 4.77. The topological polar surface area (TPSA) is 59.2 Å². The standard InChI is InChI=1S/C19H23N3O2/c1-4-17(14-5-6-18-19(10-14)24-8-7-23-18)21-12-15-9-16(11-20)22(3)13(15)2/h5-6,9-10,17,21H,4,7-8,12H2,1-3H3/t17-/m0/s1. The summed E-state index contributed by atoms with van der Waals surface area (Å²) in [6, 6.07) is 10.5. The molecule has 1 aliphatic heterocycles. The first-order valence-corrected chi connectivity index (χ1v) is 8.32. The van der Waals surface area contributed by atoms with Crippen molar-refractivity contribution in [2.45, 2.75) is 32.9 Å². The summed E-state index contributed by atoms with van der Waals surface area (Å²) in [7, 11) is 1.93. The van der Waals surface area contributed by atoms with Crippen LogP contribution in [0.15, 0.2) is 24.3 Å². The number of hydrogen-bond donors (Lipinski definition) is 1. The molecule has 5 nitrogen and oxygen atoms in total. The second kappa shape index (κ2) is 6.98. The van der Waals surface area contributed by atoms with E-state index in [0.29, 0.717) is 18.9 Å². The molecule has 0 saturated carbocycles. The largest absolute Gasteiger partial charge is 0.486 e. The molecule has 0 amide bonds. The lowest BCUT2D eigenvalue weighted by molar-refractivity contribution is 0.171. The fourth-order valence-corrected chi connectivity index (χ4v) is 3.06. The summed E-state index contributed by atoms with van der Waals surface area (Å²) in [5.74, 6) is 1.64. The lowest BCUT2D eigenvalue weighted by Gasteiger charge is -2.22. The highest BCUT2D eigenvalue weighted by Crippen LogP contribution is 2.33. The maximum atomic E-state index is 9.15. The van der Waals surface area contributed by atoms with Crippen molar-refractivity contribution in [2.24, 2.45) is 7.05 Å². The summed E-state index contributed by atoms with van der Waals surface area (Å²) in [4.78, 5) is 0. The minimum atomic E-state index is 0.228. The molecule has 0 saturated heterocycles. The van der Waals surface area contributed by atoms with Crippen LogP contribution in [0.4, 0.5) is 0 Å². The Hall–Kier alpha value is -2.45. The molecule has 3 rings (SSSR count). The highest BCUT2D eigenvalue weighted by molar-refractivity contribution is 5.44. The van der Waals surface area contributed by atoms with E-state index in [4.69, 9.17) is 14.7 Å². The van der Waals surface area contributed by atoms with Gasteiger partial charge in [-0.15, -0.1) is 0 Å². The number of hydrogen-bond acceptors (Lipinski definition) is 4. The SMILES string of the molecule is CC[C@H](NCc1cc(C#N)n(C)c1C)c1ccc2c(c1)OCCO2. The Bertz CT molecular complexity index is 774. The second-order valence-electron chi connectivity index (χ2n) is 6.06. The molecule has 2 aromatic rings. The van der Waals surface area contributed by atoms with Crippen molar-refractivity contribution in [1.82, 2.24) is 9.88 Å². The summed E-state index contributed by atoms with van der Waals surface area (Å²) < 4.78 is 13.2. The Morgan fingerprint density at radius 3 is 2.67 bits per heavy atom. The smallest absolute Gasteiger partial charge is 0.161 e. The van der Waals surface area contributed by atoms with Gasteiger partial charge in [0.15, 0.2) is 11.5 Å². The highest BCUT2D eigenvalue weighted by Gasteiger charge is 2.17. The average Bonchev–Trinajstić information content (AvgIpc) is 2.90. The highest BCUT2D eigenvalue weighted by atomic mass is 16.6. The molecule has 0 spiro atoms. The molecule has 126 valence electrons. The van der Waals surface area contributed by atoms with Gasteiger partial charge < -0.3 is 19.4 Å². The molecule has 1 N–H and O–H groups in total. The van der Waals surface area contributed by atoms with Gasteiger partial charge in [0.2, 0.25) is 0 Å². The van der Waals surface area contributed by atoms with E-state index in [-0.39, 0.29) is 6.04 Å². The summed E-state index contributed by atoms with van der Waals surface area (Å²) in [6.45, 7) is 6.14. The molecule has 24 heavy (non-hydrogen) atoms. The van der Waals surface area contributed by atoms with Crippen molar-refractivity contribution in [3.63, 3.8) is 0 Å². The van der Waals surface area contributed by atoms with Crippen LogP contribution in [0.25, 0.3) is 0 Å². The fourth-order valence-electron chi connectivity index (χ4n) is 3.06. The van der Waals surface area contributed by atoms with E-state index in [1.54, 1.807) is 0 Å². The number of nitriles is 1. The summed E-state index contributed by atoms with van der Waals surface area (Å²) in [5, 5.41) is 12.7. The number of nitrogens with one attached hydrogen (secondary N) is 1. The number of benzene rings is 1. The van der Waals surface area contributed by atoms with Crippen LogP contribution in [0.1, 0.15) is 41.9 Å². The minimum absolute atomic E-state index is 0.228. The monoisotopic (exact) mass is 325 g/mol. The maximum absolute atomic E-state index is 9.15. The normalized spacial score (nSPS) is 14.2. The molecule has 5 heteroatoms. The van der Waals surface area contributed by atoms with E-state index in [9.17, 15) is 0 Å². The lowest BCUT2D eigenvalue weighted by Crippen LogP contribution is -2.21. The number of ether oxygens (including phenoxy) is 2. The molecule has 0 radical (unpaired) electrons. The van der Waals surface area contributed by atoms with Crippen LogP contribution < -0.4 is 14.8 Å². The molecule has 0 aliphatic carbocycles. The van der Waals surface area contributed by atoms with E-state index < -0.39 is 0 Å².